The molecule has 6 heteroatoms. The van der Waals surface area contributed by atoms with Crippen LogP contribution in [0.25, 0.3) is 5.76 Å². The van der Waals surface area contributed by atoms with E-state index < -0.39 is 17.7 Å². The number of aliphatic hydroxyl groups is 1. The third-order valence-corrected chi connectivity index (χ3v) is 5.87. The monoisotopic (exact) mass is 436 g/mol. The Kier molecular flexibility index (Phi) is 6.46. The van der Waals surface area contributed by atoms with Gasteiger partial charge in [0.25, 0.3) is 11.7 Å². The lowest BCUT2D eigenvalue weighted by Gasteiger charge is -2.27. The predicted molar refractivity (Wildman–Crippen MR) is 126 cm³/mol. The van der Waals surface area contributed by atoms with Crippen molar-refractivity contribution in [2.24, 2.45) is 0 Å². The number of rotatable bonds is 5. The Morgan fingerprint density at radius 1 is 1.09 bits per heavy atom. The van der Waals surface area contributed by atoms with Crippen LogP contribution in [0.3, 0.4) is 0 Å². The first-order chi connectivity index (χ1) is 14.9. The molecule has 1 aliphatic rings. The molecule has 6 nitrogen and oxygen atoms in total. The van der Waals surface area contributed by atoms with Crippen LogP contribution in [0.2, 0.25) is 0 Å². The van der Waals surface area contributed by atoms with E-state index in [2.05, 4.69) is 20.8 Å². The second kappa shape index (κ2) is 8.79. The lowest BCUT2D eigenvalue weighted by Crippen LogP contribution is -2.35. The molecule has 32 heavy (non-hydrogen) atoms. The topological polar surface area (TPSA) is 81.1 Å². The van der Waals surface area contributed by atoms with E-state index in [1.54, 1.807) is 12.1 Å². The van der Waals surface area contributed by atoms with Gasteiger partial charge in [0, 0.05) is 18.7 Å². The molecule has 3 rings (SSSR count). The van der Waals surface area contributed by atoms with E-state index in [9.17, 15) is 19.8 Å². The second-order valence-corrected chi connectivity index (χ2v) is 9.67. The van der Waals surface area contributed by atoms with Gasteiger partial charge in [0.05, 0.1) is 11.6 Å². The average Bonchev–Trinajstić information content (AvgIpc) is 2.96. The molecule has 0 radical (unpaired) electrons. The molecule has 1 unspecified atom stereocenters. The van der Waals surface area contributed by atoms with E-state index in [1.165, 1.54) is 17.0 Å². The van der Waals surface area contributed by atoms with Crippen LogP contribution in [-0.4, -0.2) is 58.9 Å². The van der Waals surface area contributed by atoms with Gasteiger partial charge < -0.3 is 20.0 Å². The molecule has 1 atom stereocenters. The van der Waals surface area contributed by atoms with Gasteiger partial charge in [-0.15, -0.1) is 0 Å². The predicted octanol–water partition coefficient (Wildman–Crippen LogP) is 3.98. The lowest BCUT2D eigenvalue weighted by molar-refractivity contribution is -0.140. The summed E-state index contributed by atoms with van der Waals surface area (Å²) in [6.07, 6.45) is 0. The number of amides is 1. The second-order valence-electron chi connectivity index (χ2n) is 9.67. The number of ketones is 1. The van der Waals surface area contributed by atoms with Crippen molar-refractivity contribution >= 4 is 17.4 Å². The summed E-state index contributed by atoms with van der Waals surface area (Å²) in [5.41, 5.74) is 2.84. The number of aromatic hydroxyl groups is 1. The third kappa shape index (κ3) is 4.55. The molecule has 1 fully saturated rings. The Balaban J connectivity index is 2.22. The van der Waals surface area contributed by atoms with Gasteiger partial charge in [-0.05, 0) is 61.3 Å². The first-order valence-corrected chi connectivity index (χ1v) is 10.8. The summed E-state index contributed by atoms with van der Waals surface area (Å²) in [5, 5.41) is 21.4. The van der Waals surface area contributed by atoms with Crippen LogP contribution in [0.1, 0.15) is 49.1 Å². The molecule has 170 valence electrons. The summed E-state index contributed by atoms with van der Waals surface area (Å²) in [5.74, 6) is -1.51. The molecule has 0 spiro atoms. The van der Waals surface area contributed by atoms with E-state index in [1.807, 2.05) is 44.1 Å². The molecule has 0 aromatic heterocycles. The van der Waals surface area contributed by atoms with Crippen molar-refractivity contribution in [2.75, 3.05) is 27.2 Å². The maximum absolute atomic E-state index is 13.2. The minimum atomic E-state index is -0.778. The van der Waals surface area contributed by atoms with E-state index in [0.717, 1.165) is 11.1 Å². The lowest BCUT2D eigenvalue weighted by atomic mass is 9.84. The number of hydrogen-bond acceptors (Lipinski definition) is 5. The molecule has 0 saturated carbocycles. The number of likely N-dealkylation sites (N-methyl/N-ethyl adjacent to an activating group) is 1. The number of aliphatic hydroxyl groups excluding tert-OH is 1. The Morgan fingerprint density at radius 2 is 1.78 bits per heavy atom. The number of Topliss-reactive ketones (excluding diaryl/α,β-unsaturated/α-hetero) is 1. The van der Waals surface area contributed by atoms with Crippen molar-refractivity contribution in [3.63, 3.8) is 0 Å². The molecule has 1 heterocycles. The maximum atomic E-state index is 13.2. The van der Waals surface area contributed by atoms with Crippen LogP contribution in [0.5, 0.6) is 5.75 Å². The number of nitrogens with zero attached hydrogens (tertiary/aromatic N) is 2. The fraction of sp³-hybridized carbons (Fsp3) is 0.385. The Labute approximate surface area is 189 Å². The summed E-state index contributed by atoms with van der Waals surface area (Å²) in [6.45, 7) is 8.97. The molecule has 0 aliphatic carbocycles. The zero-order chi connectivity index (χ0) is 23.8. The minimum Gasteiger partial charge on any atom is -0.508 e. The quantitative estimate of drug-likeness (QED) is 0.421. The Morgan fingerprint density at radius 3 is 2.38 bits per heavy atom. The summed E-state index contributed by atoms with van der Waals surface area (Å²) < 4.78 is 0. The highest BCUT2D eigenvalue weighted by atomic mass is 16.3. The largest absolute Gasteiger partial charge is 0.508 e. The zero-order valence-corrected chi connectivity index (χ0v) is 19.6. The SMILES string of the molecule is Cc1ccc(C(C)(C)C)cc1/C(O)=C1\C(=O)C(=O)N(CCN(C)C)C1c1cccc(O)c1. The van der Waals surface area contributed by atoms with Crippen LogP contribution in [0, 0.1) is 6.92 Å². The van der Waals surface area contributed by atoms with E-state index in [-0.39, 0.29) is 22.5 Å². The van der Waals surface area contributed by atoms with Crippen molar-refractivity contribution in [3.05, 3.63) is 70.3 Å². The Hall–Kier alpha value is -3.12. The molecule has 1 saturated heterocycles. The number of carbonyl (C=O) groups excluding carboxylic acids is 2. The van der Waals surface area contributed by atoms with Gasteiger partial charge in [-0.25, -0.2) is 0 Å². The van der Waals surface area contributed by atoms with Gasteiger partial charge in [0.2, 0.25) is 0 Å². The fourth-order valence-electron chi connectivity index (χ4n) is 3.95. The van der Waals surface area contributed by atoms with Crippen LogP contribution >= 0.6 is 0 Å². The molecule has 1 amide bonds. The number of benzene rings is 2. The molecular formula is C26H32N2O4. The fourth-order valence-corrected chi connectivity index (χ4v) is 3.95. The number of aryl methyl sites for hydroxylation is 1. The number of likely N-dealkylation sites (tertiary alicyclic amines) is 1. The van der Waals surface area contributed by atoms with Crippen molar-refractivity contribution < 1.29 is 19.8 Å². The molecular weight excluding hydrogens is 404 g/mol. The summed E-state index contributed by atoms with van der Waals surface area (Å²) in [7, 11) is 3.78. The van der Waals surface area contributed by atoms with Crippen molar-refractivity contribution in [3.8, 4) is 5.75 Å². The summed E-state index contributed by atoms with van der Waals surface area (Å²) >= 11 is 0. The highest BCUT2D eigenvalue weighted by Crippen LogP contribution is 2.41. The first-order valence-electron chi connectivity index (χ1n) is 10.8. The number of hydrogen-bond donors (Lipinski definition) is 2. The van der Waals surface area contributed by atoms with E-state index >= 15 is 0 Å². The van der Waals surface area contributed by atoms with Crippen LogP contribution in [-0.2, 0) is 15.0 Å². The summed E-state index contributed by atoms with van der Waals surface area (Å²) in [4.78, 5) is 29.5. The van der Waals surface area contributed by atoms with Gasteiger partial charge in [0.1, 0.15) is 11.5 Å². The van der Waals surface area contributed by atoms with Crippen LogP contribution in [0.4, 0.5) is 0 Å². The van der Waals surface area contributed by atoms with Gasteiger partial charge in [-0.1, -0.05) is 45.0 Å². The van der Waals surface area contributed by atoms with Crippen molar-refractivity contribution in [1.82, 2.24) is 9.80 Å². The summed E-state index contributed by atoms with van der Waals surface area (Å²) in [6, 6.07) is 11.5. The highest BCUT2D eigenvalue weighted by molar-refractivity contribution is 6.46. The molecule has 2 aromatic carbocycles. The number of phenolic OH excluding ortho intramolecular Hbond substituents is 1. The number of carbonyl (C=O) groups is 2. The normalized spacial score (nSPS) is 18.6. The van der Waals surface area contributed by atoms with Gasteiger partial charge in [-0.3, -0.25) is 9.59 Å². The third-order valence-electron chi connectivity index (χ3n) is 5.87. The molecule has 0 bridgehead atoms. The molecule has 2 N–H and O–H groups in total. The minimum absolute atomic E-state index is 0.0339. The highest BCUT2D eigenvalue weighted by Gasteiger charge is 2.46. The van der Waals surface area contributed by atoms with Crippen molar-refractivity contribution in [2.45, 2.75) is 39.2 Å². The smallest absolute Gasteiger partial charge is 0.295 e. The van der Waals surface area contributed by atoms with E-state index in [4.69, 9.17) is 0 Å². The van der Waals surface area contributed by atoms with Crippen LogP contribution < -0.4 is 0 Å². The zero-order valence-electron chi connectivity index (χ0n) is 19.6. The van der Waals surface area contributed by atoms with Gasteiger partial charge >= 0.3 is 0 Å². The number of phenols is 1. The van der Waals surface area contributed by atoms with Gasteiger partial charge in [0.15, 0.2) is 0 Å². The van der Waals surface area contributed by atoms with Gasteiger partial charge in [-0.2, -0.15) is 0 Å². The standard InChI is InChI=1S/C26H32N2O4/c1-16-10-11-18(26(2,3)4)15-20(16)23(30)21-22(17-8-7-9-19(29)14-17)28(13-12-27(5)6)25(32)24(21)31/h7-11,14-15,22,29-30H,12-13H2,1-6H3/b23-21+. The van der Waals surface area contributed by atoms with E-state index in [0.29, 0.717) is 24.2 Å². The molecule has 1 aliphatic heterocycles. The first kappa shape index (κ1) is 23.5. The maximum Gasteiger partial charge on any atom is 0.295 e. The Bertz CT molecular complexity index is 1080. The van der Waals surface area contributed by atoms with Crippen molar-refractivity contribution in [1.29, 1.82) is 0 Å². The van der Waals surface area contributed by atoms with Crippen LogP contribution in [0.15, 0.2) is 48.0 Å². The molecule has 2 aromatic rings. The average molecular weight is 437 g/mol.